The van der Waals surface area contributed by atoms with Crippen molar-refractivity contribution in [3.8, 4) is 0 Å². The molecular formula is C20H36O6. The first-order chi connectivity index (χ1) is 12.4. The van der Waals surface area contributed by atoms with Crippen LogP contribution >= 0.6 is 0 Å². The molecule has 0 saturated carbocycles. The van der Waals surface area contributed by atoms with Gasteiger partial charge in [0.1, 0.15) is 0 Å². The molecule has 0 amide bonds. The van der Waals surface area contributed by atoms with Crippen LogP contribution in [0.3, 0.4) is 0 Å². The summed E-state index contributed by atoms with van der Waals surface area (Å²) in [6.45, 7) is 8.08. The van der Waals surface area contributed by atoms with E-state index in [1.807, 2.05) is 27.7 Å². The Hall–Kier alpha value is -1.40. The van der Waals surface area contributed by atoms with Crippen LogP contribution < -0.4 is 0 Å². The first-order valence-electron chi connectivity index (χ1n) is 9.77. The summed E-state index contributed by atoms with van der Waals surface area (Å²) in [6.07, 6.45) is 5.56. The smallest absolute Gasteiger partial charge is 0.331 e. The number of ether oxygens (including phenoxy) is 2. The predicted molar refractivity (Wildman–Crippen MR) is 100 cm³/mol. The van der Waals surface area contributed by atoms with Crippen LogP contribution in [0.4, 0.5) is 0 Å². The first-order valence-corrected chi connectivity index (χ1v) is 9.77. The molecule has 6 nitrogen and oxygen atoms in total. The molecule has 0 aliphatic rings. The molecule has 0 aliphatic heterocycles. The van der Waals surface area contributed by atoms with Crippen LogP contribution in [0.2, 0.25) is 0 Å². The largest absolute Gasteiger partial charge is 0.462 e. The Balaban J connectivity index is 4.27. The SMILES string of the molecule is CCCC(O)C(CC)COC(=O)/C=C\C(=O)OCC(CC)C(O)CCC. The van der Waals surface area contributed by atoms with Crippen molar-refractivity contribution in [1.29, 1.82) is 0 Å². The van der Waals surface area contributed by atoms with Gasteiger partial charge in [0, 0.05) is 24.0 Å². The lowest BCUT2D eigenvalue weighted by Crippen LogP contribution is -2.26. The van der Waals surface area contributed by atoms with Gasteiger partial charge in [0.2, 0.25) is 0 Å². The molecule has 0 fully saturated rings. The Labute approximate surface area is 157 Å². The van der Waals surface area contributed by atoms with E-state index in [9.17, 15) is 19.8 Å². The van der Waals surface area contributed by atoms with Crippen LogP contribution in [0.1, 0.15) is 66.2 Å². The zero-order valence-corrected chi connectivity index (χ0v) is 16.6. The number of hydrogen-bond acceptors (Lipinski definition) is 6. The van der Waals surface area contributed by atoms with Crippen LogP contribution in [0, 0.1) is 11.8 Å². The van der Waals surface area contributed by atoms with Crippen LogP contribution in [-0.4, -0.2) is 47.6 Å². The molecule has 0 heterocycles. The average Bonchev–Trinajstić information content (AvgIpc) is 2.61. The summed E-state index contributed by atoms with van der Waals surface area (Å²) in [5.41, 5.74) is 0. The summed E-state index contributed by atoms with van der Waals surface area (Å²) in [7, 11) is 0. The van der Waals surface area contributed by atoms with E-state index in [0.717, 1.165) is 25.0 Å². The maximum absolute atomic E-state index is 11.7. The lowest BCUT2D eigenvalue weighted by atomic mass is 9.97. The predicted octanol–water partition coefficient (Wildman–Crippen LogP) is 3.00. The minimum Gasteiger partial charge on any atom is -0.462 e. The van der Waals surface area contributed by atoms with Crippen LogP contribution in [0.25, 0.3) is 0 Å². The molecule has 0 spiro atoms. The van der Waals surface area contributed by atoms with Gasteiger partial charge >= 0.3 is 11.9 Å². The van der Waals surface area contributed by atoms with E-state index in [-0.39, 0.29) is 25.0 Å². The second-order valence-electron chi connectivity index (χ2n) is 6.64. The highest BCUT2D eigenvalue weighted by Crippen LogP contribution is 2.15. The van der Waals surface area contributed by atoms with E-state index in [1.165, 1.54) is 0 Å². The topological polar surface area (TPSA) is 93.1 Å². The Morgan fingerprint density at radius 1 is 0.769 bits per heavy atom. The van der Waals surface area contributed by atoms with E-state index in [1.54, 1.807) is 0 Å². The van der Waals surface area contributed by atoms with Crippen LogP contribution in [0.5, 0.6) is 0 Å². The highest BCUT2D eigenvalue weighted by molar-refractivity contribution is 5.91. The monoisotopic (exact) mass is 372 g/mol. The van der Waals surface area contributed by atoms with Gasteiger partial charge in [-0.1, -0.05) is 40.5 Å². The number of carbonyl (C=O) groups excluding carboxylic acids is 2. The maximum atomic E-state index is 11.7. The molecule has 0 saturated heterocycles. The summed E-state index contributed by atoms with van der Waals surface area (Å²) in [5, 5.41) is 19.9. The minimum atomic E-state index is -0.637. The van der Waals surface area contributed by atoms with Crippen molar-refractivity contribution in [2.75, 3.05) is 13.2 Å². The first kappa shape index (κ1) is 24.6. The van der Waals surface area contributed by atoms with Crippen LogP contribution in [0.15, 0.2) is 12.2 Å². The molecule has 0 aromatic carbocycles. The standard InChI is InChI=1S/C20H36O6/c1-5-9-17(21)15(7-3)13-25-19(23)11-12-20(24)26-14-16(8-4)18(22)10-6-2/h11-12,15-18,21-22H,5-10,13-14H2,1-4H3/b12-11-. The van der Waals surface area contributed by atoms with Gasteiger partial charge < -0.3 is 19.7 Å². The lowest BCUT2D eigenvalue weighted by molar-refractivity contribution is -0.143. The normalized spacial score (nSPS) is 16.1. The lowest BCUT2D eigenvalue weighted by Gasteiger charge is -2.20. The number of aliphatic hydroxyl groups excluding tert-OH is 2. The highest BCUT2D eigenvalue weighted by Gasteiger charge is 2.19. The van der Waals surface area contributed by atoms with Gasteiger partial charge in [-0.05, 0) is 25.7 Å². The fourth-order valence-corrected chi connectivity index (χ4v) is 2.68. The highest BCUT2D eigenvalue weighted by atomic mass is 16.5. The van der Waals surface area contributed by atoms with Gasteiger partial charge in [-0.3, -0.25) is 0 Å². The van der Waals surface area contributed by atoms with Crippen molar-refractivity contribution in [3.63, 3.8) is 0 Å². The molecule has 26 heavy (non-hydrogen) atoms. The number of esters is 2. The van der Waals surface area contributed by atoms with Crippen molar-refractivity contribution in [2.24, 2.45) is 11.8 Å². The average molecular weight is 373 g/mol. The summed E-state index contributed by atoms with van der Waals surface area (Å²) in [6, 6.07) is 0. The molecule has 6 heteroatoms. The number of aliphatic hydroxyl groups is 2. The van der Waals surface area contributed by atoms with Gasteiger partial charge in [-0.25, -0.2) is 9.59 Å². The van der Waals surface area contributed by atoms with Crippen molar-refractivity contribution in [1.82, 2.24) is 0 Å². The second kappa shape index (κ2) is 14.7. The quantitative estimate of drug-likeness (QED) is 0.360. The van der Waals surface area contributed by atoms with Gasteiger partial charge in [0.25, 0.3) is 0 Å². The van der Waals surface area contributed by atoms with Crippen molar-refractivity contribution >= 4 is 11.9 Å². The molecule has 0 aliphatic carbocycles. The van der Waals surface area contributed by atoms with Gasteiger partial charge in [-0.15, -0.1) is 0 Å². The van der Waals surface area contributed by atoms with Gasteiger partial charge in [0.15, 0.2) is 0 Å². The second-order valence-corrected chi connectivity index (χ2v) is 6.64. The van der Waals surface area contributed by atoms with E-state index in [4.69, 9.17) is 9.47 Å². The molecular weight excluding hydrogens is 336 g/mol. The van der Waals surface area contributed by atoms with Crippen molar-refractivity contribution in [3.05, 3.63) is 12.2 Å². The molecule has 0 bridgehead atoms. The summed E-state index contributed by atoms with van der Waals surface area (Å²) < 4.78 is 10.2. The van der Waals surface area contributed by atoms with E-state index >= 15 is 0 Å². The number of rotatable bonds is 14. The zero-order valence-electron chi connectivity index (χ0n) is 16.6. The summed E-state index contributed by atoms with van der Waals surface area (Å²) in [4.78, 5) is 23.4. The Bertz CT molecular complexity index is 383. The Morgan fingerprint density at radius 3 is 1.38 bits per heavy atom. The fraction of sp³-hybridized carbons (Fsp3) is 0.800. The fourth-order valence-electron chi connectivity index (χ4n) is 2.68. The number of carbonyl (C=O) groups is 2. The molecule has 0 aromatic heterocycles. The Morgan fingerprint density at radius 2 is 1.12 bits per heavy atom. The van der Waals surface area contributed by atoms with Crippen molar-refractivity contribution < 1.29 is 29.3 Å². The van der Waals surface area contributed by atoms with E-state index < -0.39 is 24.1 Å². The Kier molecular flexibility index (Phi) is 13.9. The van der Waals surface area contributed by atoms with E-state index in [2.05, 4.69) is 0 Å². The van der Waals surface area contributed by atoms with Crippen LogP contribution in [-0.2, 0) is 19.1 Å². The molecule has 0 rings (SSSR count). The molecule has 4 unspecified atom stereocenters. The minimum absolute atomic E-state index is 0.107. The molecule has 4 atom stereocenters. The molecule has 152 valence electrons. The molecule has 0 radical (unpaired) electrons. The summed E-state index contributed by atoms with van der Waals surface area (Å²) >= 11 is 0. The van der Waals surface area contributed by atoms with E-state index in [0.29, 0.717) is 25.7 Å². The summed E-state index contributed by atoms with van der Waals surface area (Å²) in [5.74, 6) is -1.49. The maximum Gasteiger partial charge on any atom is 0.331 e. The molecule has 2 N–H and O–H groups in total. The number of hydrogen-bond donors (Lipinski definition) is 2. The zero-order chi connectivity index (χ0) is 19.9. The van der Waals surface area contributed by atoms with Gasteiger partial charge in [0.05, 0.1) is 25.4 Å². The molecule has 0 aromatic rings. The van der Waals surface area contributed by atoms with Gasteiger partial charge in [-0.2, -0.15) is 0 Å². The third-order valence-corrected chi connectivity index (χ3v) is 4.54. The third kappa shape index (κ3) is 10.6. The van der Waals surface area contributed by atoms with Crippen molar-refractivity contribution in [2.45, 2.75) is 78.4 Å². The third-order valence-electron chi connectivity index (χ3n) is 4.54.